The number of nitrogens with zero attached hydrogens (tertiary/aromatic N) is 2. The van der Waals surface area contributed by atoms with E-state index in [9.17, 15) is 18.5 Å². The Morgan fingerprint density at radius 1 is 1.32 bits per heavy atom. The van der Waals surface area contributed by atoms with Gasteiger partial charge in [0.1, 0.15) is 0 Å². The first kappa shape index (κ1) is 15.5. The largest absolute Gasteiger partial charge is 0.329 e. The van der Waals surface area contributed by atoms with Gasteiger partial charge in [-0.1, -0.05) is 0 Å². The van der Waals surface area contributed by atoms with Gasteiger partial charge in [-0.3, -0.25) is 10.1 Å². The number of nitrogens with two attached hydrogens (primary N) is 1. The van der Waals surface area contributed by atoms with E-state index in [0.29, 0.717) is 11.1 Å². The van der Waals surface area contributed by atoms with Gasteiger partial charge >= 0.3 is 0 Å². The molecule has 19 heavy (non-hydrogen) atoms. The van der Waals surface area contributed by atoms with Gasteiger partial charge in [0.25, 0.3) is 5.69 Å². The van der Waals surface area contributed by atoms with Crippen molar-refractivity contribution in [3.05, 3.63) is 33.4 Å². The molecule has 7 nitrogen and oxygen atoms in total. The number of nitro groups is 1. The molecule has 1 rings (SSSR count). The van der Waals surface area contributed by atoms with Gasteiger partial charge in [-0.25, -0.2) is 8.42 Å². The second-order valence-electron chi connectivity index (χ2n) is 4.28. The summed E-state index contributed by atoms with van der Waals surface area (Å²) in [6.07, 6.45) is 0. The maximum Gasteiger partial charge on any atom is 0.289 e. The Bertz CT molecular complexity index is 598. The summed E-state index contributed by atoms with van der Waals surface area (Å²) in [7, 11) is -2.56. The highest BCUT2D eigenvalue weighted by Gasteiger charge is 2.29. The highest BCUT2D eigenvalue weighted by molar-refractivity contribution is 7.89. The zero-order valence-electron chi connectivity index (χ0n) is 11.1. The molecule has 0 saturated carbocycles. The minimum atomic E-state index is -3.90. The fourth-order valence-electron chi connectivity index (χ4n) is 1.59. The molecule has 2 N–H and O–H groups in total. The van der Waals surface area contributed by atoms with Crippen molar-refractivity contribution in [1.82, 2.24) is 4.31 Å². The van der Waals surface area contributed by atoms with Crippen molar-refractivity contribution in [3.8, 4) is 0 Å². The lowest BCUT2D eigenvalue weighted by molar-refractivity contribution is -0.387. The molecule has 0 atom stereocenters. The van der Waals surface area contributed by atoms with Crippen LogP contribution in [0, 0.1) is 24.0 Å². The summed E-state index contributed by atoms with van der Waals surface area (Å²) in [5.74, 6) is 0. The highest BCUT2D eigenvalue weighted by Crippen LogP contribution is 2.29. The number of hydrogen-bond donors (Lipinski definition) is 1. The third kappa shape index (κ3) is 3.09. The zero-order chi connectivity index (χ0) is 14.8. The number of benzene rings is 1. The van der Waals surface area contributed by atoms with Crippen LogP contribution in [-0.4, -0.2) is 37.8 Å². The van der Waals surface area contributed by atoms with Crippen LogP contribution in [0.3, 0.4) is 0 Å². The number of likely N-dealkylation sites (N-methyl/N-ethyl adjacent to an activating group) is 1. The summed E-state index contributed by atoms with van der Waals surface area (Å²) in [4.78, 5) is 10.0. The maximum atomic E-state index is 12.3. The van der Waals surface area contributed by atoms with Crippen LogP contribution in [0.1, 0.15) is 11.1 Å². The number of rotatable bonds is 5. The summed E-state index contributed by atoms with van der Waals surface area (Å²) in [5, 5.41) is 11.0. The molecular formula is C11H17N3O4S. The van der Waals surface area contributed by atoms with E-state index in [1.807, 2.05) is 0 Å². The number of hydrogen-bond acceptors (Lipinski definition) is 5. The molecule has 0 amide bonds. The molecule has 0 aromatic heterocycles. The monoisotopic (exact) mass is 287 g/mol. The SMILES string of the molecule is Cc1cc([N+](=O)[O-])c(S(=O)(=O)N(C)CCN)cc1C. The van der Waals surface area contributed by atoms with Crippen LogP contribution >= 0.6 is 0 Å². The summed E-state index contributed by atoms with van der Waals surface area (Å²) in [6.45, 7) is 3.66. The van der Waals surface area contributed by atoms with Crippen molar-refractivity contribution < 1.29 is 13.3 Å². The van der Waals surface area contributed by atoms with Crippen molar-refractivity contribution in [1.29, 1.82) is 0 Å². The van der Waals surface area contributed by atoms with E-state index in [1.54, 1.807) is 13.8 Å². The van der Waals surface area contributed by atoms with Gasteiger partial charge in [0, 0.05) is 26.2 Å². The molecule has 0 saturated heterocycles. The van der Waals surface area contributed by atoms with Crippen LogP contribution in [0.4, 0.5) is 5.69 Å². The highest BCUT2D eigenvalue weighted by atomic mass is 32.2. The summed E-state index contributed by atoms with van der Waals surface area (Å²) < 4.78 is 25.6. The molecule has 0 unspecified atom stereocenters. The minimum absolute atomic E-state index is 0.104. The molecule has 0 aliphatic rings. The van der Waals surface area contributed by atoms with E-state index >= 15 is 0 Å². The smallest absolute Gasteiger partial charge is 0.289 e. The van der Waals surface area contributed by atoms with Crippen LogP contribution in [0.15, 0.2) is 17.0 Å². The maximum absolute atomic E-state index is 12.3. The quantitative estimate of drug-likeness (QED) is 0.636. The molecule has 0 spiro atoms. The van der Waals surface area contributed by atoms with E-state index < -0.39 is 20.6 Å². The van der Waals surface area contributed by atoms with Crippen LogP contribution in [-0.2, 0) is 10.0 Å². The van der Waals surface area contributed by atoms with Gasteiger partial charge in [0.15, 0.2) is 4.90 Å². The molecule has 0 fully saturated rings. The second kappa shape index (κ2) is 5.64. The van der Waals surface area contributed by atoms with E-state index in [2.05, 4.69) is 0 Å². The lowest BCUT2D eigenvalue weighted by atomic mass is 10.1. The van der Waals surface area contributed by atoms with Crippen molar-refractivity contribution >= 4 is 15.7 Å². The predicted octanol–water partition coefficient (Wildman–Crippen LogP) is 0.791. The van der Waals surface area contributed by atoms with Gasteiger partial charge in [-0.2, -0.15) is 4.31 Å². The Morgan fingerprint density at radius 2 is 1.84 bits per heavy atom. The van der Waals surface area contributed by atoms with Crippen molar-refractivity contribution in [3.63, 3.8) is 0 Å². The van der Waals surface area contributed by atoms with Gasteiger partial charge < -0.3 is 5.73 Å². The zero-order valence-corrected chi connectivity index (χ0v) is 11.9. The van der Waals surface area contributed by atoms with Crippen molar-refractivity contribution in [2.45, 2.75) is 18.7 Å². The van der Waals surface area contributed by atoms with Crippen LogP contribution in [0.25, 0.3) is 0 Å². The first-order chi connectivity index (χ1) is 8.71. The fourth-order valence-corrected chi connectivity index (χ4v) is 3.00. The molecule has 0 radical (unpaired) electrons. The molecule has 0 heterocycles. The molecular weight excluding hydrogens is 270 g/mol. The Hall–Kier alpha value is -1.51. The third-order valence-corrected chi connectivity index (χ3v) is 4.79. The molecule has 1 aromatic carbocycles. The average molecular weight is 287 g/mol. The van der Waals surface area contributed by atoms with E-state index in [4.69, 9.17) is 5.73 Å². The van der Waals surface area contributed by atoms with Gasteiger partial charge in [-0.05, 0) is 31.0 Å². The molecule has 8 heteroatoms. The normalized spacial score (nSPS) is 11.8. The Labute approximate surface area is 112 Å². The van der Waals surface area contributed by atoms with Gasteiger partial charge in [0.05, 0.1) is 4.92 Å². The predicted molar refractivity (Wildman–Crippen MR) is 71.4 cm³/mol. The fraction of sp³-hybridized carbons (Fsp3) is 0.455. The Balaban J connectivity index is 3.49. The van der Waals surface area contributed by atoms with Crippen molar-refractivity contribution in [2.75, 3.05) is 20.1 Å². The second-order valence-corrected chi connectivity index (χ2v) is 6.29. The molecule has 0 aliphatic heterocycles. The van der Waals surface area contributed by atoms with Crippen LogP contribution < -0.4 is 5.73 Å². The first-order valence-corrected chi connectivity index (χ1v) is 7.08. The number of nitro benzene ring substituents is 1. The Kier molecular flexibility index (Phi) is 4.61. The van der Waals surface area contributed by atoms with E-state index in [0.717, 1.165) is 4.31 Å². The summed E-state index contributed by atoms with van der Waals surface area (Å²) in [5.41, 5.74) is 6.26. The standard InChI is InChI=1S/C11H17N3O4S/c1-8-6-10(14(15)16)11(7-9(8)2)19(17,18)13(3)5-4-12/h6-7H,4-5,12H2,1-3H3. The lowest BCUT2D eigenvalue weighted by Crippen LogP contribution is -2.32. The first-order valence-electron chi connectivity index (χ1n) is 5.64. The topological polar surface area (TPSA) is 107 Å². The van der Waals surface area contributed by atoms with Gasteiger partial charge in [0.2, 0.25) is 10.0 Å². The molecule has 106 valence electrons. The van der Waals surface area contributed by atoms with Gasteiger partial charge in [-0.15, -0.1) is 0 Å². The molecule has 0 bridgehead atoms. The van der Waals surface area contributed by atoms with Crippen LogP contribution in [0.2, 0.25) is 0 Å². The Morgan fingerprint density at radius 3 is 2.32 bits per heavy atom. The van der Waals surface area contributed by atoms with E-state index in [-0.39, 0.29) is 18.0 Å². The van der Waals surface area contributed by atoms with Crippen LogP contribution in [0.5, 0.6) is 0 Å². The number of sulfonamides is 1. The summed E-state index contributed by atoms with van der Waals surface area (Å²) in [6, 6.07) is 2.61. The van der Waals surface area contributed by atoms with E-state index in [1.165, 1.54) is 19.2 Å². The summed E-state index contributed by atoms with van der Waals surface area (Å²) >= 11 is 0. The molecule has 1 aromatic rings. The lowest BCUT2D eigenvalue weighted by Gasteiger charge is -2.17. The van der Waals surface area contributed by atoms with Crippen molar-refractivity contribution in [2.24, 2.45) is 5.73 Å². The number of aryl methyl sites for hydroxylation is 2. The third-order valence-electron chi connectivity index (χ3n) is 2.90. The average Bonchev–Trinajstić information content (AvgIpc) is 2.31. The molecule has 0 aliphatic carbocycles. The minimum Gasteiger partial charge on any atom is -0.329 e.